The maximum atomic E-state index is 13.5. The molecule has 3 unspecified atom stereocenters. The van der Waals surface area contributed by atoms with Gasteiger partial charge in [-0.1, -0.05) is 19.1 Å². The molecular weight excluding hydrogens is 241 g/mol. The minimum Gasteiger partial charge on any atom is -0.388 e. The molecule has 1 aromatic rings. The van der Waals surface area contributed by atoms with Crippen LogP contribution in [0.25, 0.3) is 0 Å². The molecule has 0 saturated carbocycles. The second-order valence-corrected chi connectivity index (χ2v) is 6.00. The summed E-state index contributed by atoms with van der Waals surface area (Å²) in [7, 11) is 0. The van der Waals surface area contributed by atoms with Crippen LogP contribution < -0.4 is 0 Å². The SMILES string of the molecule is Cc1ccc(C(O)CCN2CC(C)CC2C)cc1F. The smallest absolute Gasteiger partial charge is 0.126 e. The van der Waals surface area contributed by atoms with Gasteiger partial charge in [0.2, 0.25) is 0 Å². The monoisotopic (exact) mass is 265 g/mol. The van der Waals surface area contributed by atoms with Crippen LogP contribution >= 0.6 is 0 Å². The van der Waals surface area contributed by atoms with Crippen LogP contribution in [0, 0.1) is 18.7 Å². The number of aliphatic hydroxyl groups is 1. The normalized spacial score (nSPS) is 25.7. The van der Waals surface area contributed by atoms with Gasteiger partial charge in [-0.15, -0.1) is 0 Å². The fourth-order valence-electron chi connectivity index (χ4n) is 2.97. The molecule has 3 heteroatoms. The zero-order valence-electron chi connectivity index (χ0n) is 12.1. The Labute approximate surface area is 115 Å². The molecule has 1 saturated heterocycles. The fourth-order valence-corrected chi connectivity index (χ4v) is 2.97. The third-order valence-electron chi connectivity index (χ3n) is 4.18. The van der Waals surface area contributed by atoms with Gasteiger partial charge in [-0.25, -0.2) is 4.39 Å². The van der Waals surface area contributed by atoms with Crippen molar-refractivity contribution in [3.63, 3.8) is 0 Å². The maximum absolute atomic E-state index is 13.5. The molecule has 0 spiro atoms. The first-order valence-electron chi connectivity index (χ1n) is 7.15. The highest BCUT2D eigenvalue weighted by molar-refractivity contribution is 5.24. The van der Waals surface area contributed by atoms with E-state index in [0.29, 0.717) is 23.6 Å². The quantitative estimate of drug-likeness (QED) is 0.903. The zero-order chi connectivity index (χ0) is 14.0. The average molecular weight is 265 g/mol. The first-order valence-corrected chi connectivity index (χ1v) is 7.15. The Balaban J connectivity index is 1.90. The number of benzene rings is 1. The van der Waals surface area contributed by atoms with E-state index in [9.17, 15) is 9.50 Å². The number of hydrogen-bond donors (Lipinski definition) is 1. The minimum atomic E-state index is -0.571. The average Bonchev–Trinajstić information content (AvgIpc) is 2.68. The molecule has 1 aliphatic heterocycles. The molecule has 19 heavy (non-hydrogen) atoms. The molecule has 2 rings (SSSR count). The lowest BCUT2D eigenvalue weighted by Gasteiger charge is -2.22. The number of rotatable bonds is 4. The van der Waals surface area contributed by atoms with Gasteiger partial charge in [-0.05, 0) is 49.8 Å². The highest BCUT2D eigenvalue weighted by Gasteiger charge is 2.26. The van der Waals surface area contributed by atoms with Crippen LogP contribution in [0.5, 0.6) is 0 Å². The second kappa shape index (κ2) is 6.02. The highest BCUT2D eigenvalue weighted by atomic mass is 19.1. The molecule has 1 fully saturated rings. The van der Waals surface area contributed by atoms with Gasteiger partial charge in [0.05, 0.1) is 6.10 Å². The molecule has 106 valence electrons. The fraction of sp³-hybridized carbons (Fsp3) is 0.625. The van der Waals surface area contributed by atoms with Crippen LogP contribution in [-0.2, 0) is 0 Å². The molecule has 1 aliphatic rings. The van der Waals surface area contributed by atoms with Crippen LogP contribution in [0.15, 0.2) is 18.2 Å². The van der Waals surface area contributed by atoms with Gasteiger partial charge in [-0.2, -0.15) is 0 Å². The van der Waals surface area contributed by atoms with Crippen LogP contribution in [0.4, 0.5) is 4.39 Å². The number of aryl methyl sites for hydroxylation is 1. The summed E-state index contributed by atoms with van der Waals surface area (Å²) in [6.45, 7) is 8.22. The topological polar surface area (TPSA) is 23.5 Å². The van der Waals surface area contributed by atoms with Crippen LogP contribution in [-0.4, -0.2) is 29.1 Å². The van der Waals surface area contributed by atoms with Crippen molar-refractivity contribution in [3.05, 3.63) is 35.1 Å². The van der Waals surface area contributed by atoms with E-state index in [0.717, 1.165) is 19.0 Å². The molecule has 1 aromatic carbocycles. The predicted molar refractivity (Wildman–Crippen MR) is 75.5 cm³/mol. The molecule has 0 aliphatic carbocycles. The van der Waals surface area contributed by atoms with Gasteiger partial charge in [0.1, 0.15) is 5.82 Å². The van der Waals surface area contributed by atoms with Crippen molar-refractivity contribution in [2.24, 2.45) is 5.92 Å². The Morgan fingerprint density at radius 2 is 2.16 bits per heavy atom. The van der Waals surface area contributed by atoms with E-state index < -0.39 is 6.10 Å². The van der Waals surface area contributed by atoms with Crippen molar-refractivity contribution in [1.82, 2.24) is 4.90 Å². The molecule has 2 nitrogen and oxygen atoms in total. The molecule has 1 N–H and O–H groups in total. The Hall–Kier alpha value is -0.930. The Kier molecular flexibility index (Phi) is 4.58. The summed E-state index contributed by atoms with van der Waals surface area (Å²) in [6, 6.07) is 5.60. The molecule has 0 amide bonds. The van der Waals surface area contributed by atoms with Crippen molar-refractivity contribution in [3.8, 4) is 0 Å². The van der Waals surface area contributed by atoms with Crippen molar-refractivity contribution in [2.75, 3.05) is 13.1 Å². The molecule has 3 atom stereocenters. The Morgan fingerprint density at radius 1 is 1.42 bits per heavy atom. The summed E-state index contributed by atoms with van der Waals surface area (Å²) < 4.78 is 13.5. The van der Waals surface area contributed by atoms with Gasteiger partial charge in [-0.3, -0.25) is 0 Å². The number of aliphatic hydroxyl groups excluding tert-OH is 1. The lowest BCUT2D eigenvalue weighted by molar-refractivity contribution is 0.139. The largest absolute Gasteiger partial charge is 0.388 e. The summed E-state index contributed by atoms with van der Waals surface area (Å²) in [6.07, 6.45) is 1.33. The molecular formula is C16H24FNO. The summed E-state index contributed by atoms with van der Waals surface area (Å²) in [4.78, 5) is 2.42. The molecule has 1 heterocycles. The van der Waals surface area contributed by atoms with Gasteiger partial charge >= 0.3 is 0 Å². The third kappa shape index (κ3) is 3.54. The van der Waals surface area contributed by atoms with E-state index in [2.05, 4.69) is 18.7 Å². The summed E-state index contributed by atoms with van der Waals surface area (Å²) in [5.41, 5.74) is 1.31. The summed E-state index contributed by atoms with van der Waals surface area (Å²) in [5, 5.41) is 10.2. The van der Waals surface area contributed by atoms with E-state index >= 15 is 0 Å². The molecule has 0 bridgehead atoms. The van der Waals surface area contributed by atoms with Gasteiger partial charge in [0.15, 0.2) is 0 Å². The molecule has 0 aromatic heterocycles. The second-order valence-electron chi connectivity index (χ2n) is 6.00. The minimum absolute atomic E-state index is 0.236. The van der Waals surface area contributed by atoms with E-state index in [1.54, 1.807) is 13.0 Å². The molecule has 0 radical (unpaired) electrons. The first kappa shape index (κ1) is 14.5. The van der Waals surface area contributed by atoms with Gasteiger partial charge in [0, 0.05) is 19.1 Å². The highest BCUT2D eigenvalue weighted by Crippen LogP contribution is 2.25. The van der Waals surface area contributed by atoms with E-state index in [1.807, 2.05) is 6.07 Å². The Morgan fingerprint density at radius 3 is 2.74 bits per heavy atom. The van der Waals surface area contributed by atoms with E-state index in [1.165, 1.54) is 12.5 Å². The van der Waals surface area contributed by atoms with Crippen molar-refractivity contribution in [1.29, 1.82) is 0 Å². The van der Waals surface area contributed by atoms with Crippen LogP contribution in [0.2, 0.25) is 0 Å². The van der Waals surface area contributed by atoms with Crippen molar-refractivity contribution in [2.45, 2.75) is 45.8 Å². The van der Waals surface area contributed by atoms with Crippen molar-refractivity contribution >= 4 is 0 Å². The van der Waals surface area contributed by atoms with E-state index in [4.69, 9.17) is 0 Å². The van der Waals surface area contributed by atoms with Crippen LogP contribution in [0.3, 0.4) is 0 Å². The van der Waals surface area contributed by atoms with Gasteiger partial charge in [0.25, 0.3) is 0 Å². The predicted octanol–water partition coefficient (Wildman–Crippen LogP) is 3.29. The lowest BCUT2D eigenvalue weighted by atomic mass is 10.0. The van der Waals surface area contributed by atoms with E-state index in [-0.39, 0.29) is 5.82 Å². The number of likely N-dealkylation sites (tertiary alicyclic amines) is 1. The summed E-state index contributed by atoms with van der Waals surface area (Å²) >= 11 is 0. The van der Waals surface area contributed by atoms with Crippen LogP contribution in [0.1, 0.15) is 43.9 Å². The zero-order valence-corrected chi connectivity index (χ0v) is 12.1. The number of hydrogen-bond acceptors (Lipinski definition) is 2. The number of halogens is 1. The third-order valence-corrected chi connectivity index (χ3v) is 4.18. The first-order chi connectivity index (χ1) is 8.97. The Bertz CT molecular complexity index is 435. The number of nitrogens with zero attached hydrogens (tertiary/aromatic N) is 1. The van der Waals surface area contributed by atoms with Gasteiger partial charge < -0.3 is 10.0 Å². The lowest BCUT2D eigenvalue weighted by Crippen LogP contribution is -2.29. The standard InChI is InChI=1S/C16H24FNO/c1-11-8-13(3)18(10-11)7-6-16(19)14-5-4-12(2)15(17)9-14/h4-5,9,11,13,16,19H,6-8,10H2,1-3H3. The summed E-state index contributed by atoms with van der Waals surface area (Å²) in [5.74, 6) is 0.503. The van der Waals surface area contributed by atoms with Crippen molar-refractivity contribution < 1.29 is 9.50 Å². The maximum Gasteiger partial charge on any atom is 0.126 e.